The molecule has 2 nitrogen and oxygen atoms in total. The Kier molecular flexibility index (Phi) is 3.67. The molecule has 1 heterocycles. The van der Waals surface area contributed by atoms with E-state index in [2.05, 4.69) is 4.98 Å². The molecule has 0 fully saturated rings. The second kappa shape index (κ2) is 4.31. The van der Waals surface area contributed by atoms with Gasteiger partial charge in [0.25, 0.3) is 0 Å². The van der Waals surface area contributed by atoms with Crippen molar-refractivity contribution in [2.45, 2.75) is 24.4 Å². The zero-order valence-electron chi connectivity index (χ0n) is 8.26. The highest BCUT2D eigenvalue weighted by molar-refractivity contribution is 7.97. The van der Waals surface area contributed by atoms with E-state index in [1.54, 1.807) is 0 Å². The summed E-state index contributed by atoms with van der Waals surface area (Å²) in [6.45, 7) is 0.935. The minimum atomic E-state index is -4.47. The summed E-state index contributed by atoms with van der Waals surface area (Å²) < 4.78 is 37.6. The van der Waals surface area contributed by atoms with Crippen LogP contribution in [-0.4, -0.2) is 17.4 Å². The van der Waals surface area contributed by atoms with Crippen molar-refractivity contribution < 1.29 is 13.2 Å². The van der Waals surface area contributed by atoms with E-state index in [0.717, 1.165) is 6.92 Å². The number of aromatic nitrogens is 1. The fourth-order valence-corrected chi connectivity index (χ4v) is 2.52. The third-order valence-corrected chi connectivity index (χ3v) is 3.53. The number of hydrogen-bond acceptors (Lipinski definition) is 4. The van der Waals surface area contributed by atoms with Crippen LogP contribution in [0.25, 0.3) is 0 Å². The van der Waals surface area contributed by atoms with Crippen LogP contribution in [0.1, 0.15) is 17.6 Å². The van der Waals surface area contributed by atoms with Crippen molar-refractivity contribution in [2.75, 3.05) is 6.26 Å². The summed E-state index contributed by atoms with van der Waals surface area (Å²) >= 11 is 2.72. The highest BCUT2D eigenvalue weighted by Gasteiger charge is 2.50. The number of nitrogens with zero attached hydrogens (tertiary/aromatic N) is 1. The molecule has 0 spiro atoms. The molecule has 1 aromatic rings. The van der Waals surface area contributed by atoms with Gasteiger partial charge in [-0.05, 0) is 13.2 Å². The van der Waals surface area contributed by atoms with E-state index in [1.165, 1.54) is 28.5 Å². The Morgan fingerprint density at radius 2 is 2.13 bits per heavy atom. The predicted molar refractivity (Wildman–Crippen MR) is 56.9 cm³/mol. The van der Waals surface area contributed by atoms with Gasteiger partial charge in [0.2, 0.25) is 0 Å². The van der Waals surface area contributed by atoms with Crippen LogP contribution in [-0.2, 0) is 11.3 Å². The van der Waals surface area contributed by atoms with Crippen LogP contribution in [0, 0.1) is 0 Å². The van der Waals surface area contributed by atoms with Crippen LogP contribution in [0.3, 0.4) is 0 Å². The molecule has 0 saturated heterocycles. The maximum atomic E-state index is 12.5. The fraction of sp³-hybridized carbons (Fsp3) is 0.625. The Hall–Kier alpha value is -0.270. The molecule has 0 amide bonds. The predicted octanol–water partition coefficient (Wildman–Crippen LogP) is 2.74. The quantitative estimate of drug-likeness (QED) is 0.903. The first-order valence-corrected chi connectivity index (χ1v) is 6.36. The van der Waals surface area contributed by atoms with E-state index in [4.69, 9.17) is 5.73 Å². The Bertz CT molecular complexity index is 333. The monoisotopic (exact) mass is 256 g/mol. The Morgan fingerprint density at radius 3 is 2.60 bits per heavy atom. The topological polar surface area (TPSA) is 38.9 Å². The van der Waals surface area contributed by atoms with Crippen LogP contribution in [0.2, 0.25) is 0 Å². The lowest BCUT2D eigenvalue weighted by atomic mass is 10.00. The van der Waals surface area contributed by atoms with Gasteiger partial charge in [0.15, 0.2) is 5.54 Å². The average Bonchev–Trinajstić information content (AvgIpc) is 2.51. The van der Waals surface area contributed by atoms with Crippen LogP contribution in [0.5, 0.6) is 0 Å². The molecular weight excluding hydrogens is 245 g/mol. The highest BCUT2D eigenvalue weighted by atomic mass is 32.2. The highest BCUT2D eigenvalue weighted by Crippen LogP contribution is 2.36. The molecule has 1 atom stereocenters. The molecule has 0 saturated carbocycles. The molecule has 15 heavy (non-hydrogen) atoms. The van der Waals surface area contributed by atoms with Gasteiger partial charge in [0, 0.05) is 11.1 Å². The molecule has 1 rings (SSSR count). The van der Waals surface area contributed by atoms with Crippen LogP contribution in [0.4, 0.5) is 13.2 Å². The van der Waals surface area contributed by atoms with E-state index in [0.29, 0.717) is 10.8 Å². The lowest BCUT2D eigenvalue weighted by Gasteiger charge is -2.25. The third kappa shape index (κ3) is 2.64. The smallest absolute Gasteiger partial charge is 0.313 e. The minimum absolute atomic E-state index is 0.107. The van der Waals surface area contributed by atoms with Crippen LogP contribution in [0.15, 0.2) is 5.38 Å². The maximum Gasteiger partial charge on any atom is 0.411 e. The SMILES string of the molecule is CSCc1nc(C(C)(N)C(F)(F)F)cs1. The summed E-state index contributed by atoms with van der Waals surface area (Å²) in [6, 6.07) is 0. The lowest BCUT2D eigenvalue weighted by molar-refractivity contribution is -0.185. The average molecular weight is 256 g/mol. The summed E-state index contributed by atoms with van der Waals surface area (Å²) in [6.07, 6.45) is -2.61. The molecular formula is C8H11F3N2S2. The molecule has 1 unspecified atom stereocenters. The molecule has 86 valence electrons. The van der Waals surface area contributed by atoms with Gasteiger partial charge < -0.3 is 5.73 Å². The fourth-order valence-electron chi connectivity index (χ4n) is 0.884. The number of hydrogen-bond donors (Lipinski definition) is 1. The Labute approximate surface area is 94.1 Å². The van der Waals surface area contributed by atoms with E-state index < -0.39 is 11.7 Å². The number of thioether (sulfide) groups is 1. The van der Waals surface area contributed by atoms with Crippen LogP contribution < -0.4 is 5.73 Å². The Morgan fingerprint density at radius 1 is 1.53 bits per heavy atom. The van der Waals surface area contributed by atoms with Gasteiger partial charge in [0.05, 0.1) is 5.69 Å². The first-order valence-electron chi connectivity index (χ1n) is 4.08. The normalized spacial score (nSPS) is 16.4. The van der Waals surface area contributed by atoms with Crippen molar-refractivity contribution in [3.05, 3.63) is 16.1 Å². The molecule has 0 bridgehead atoms. The zero-order valence-corrected chi connectivity index (χ0v) is 9.89. The number of thiazole rings is 1. The standard InChI is InChI=1S/C8H11F3N2S2/c1-7(12,8(9,10)11)5-3-15-6(13-5)4-14-2/h3H,4,12H2,1-2H3. The van der Waals surface area contributed by atoms with Crippen molar-refractivity contribution >= 4 is 23.1 Å². The van der Waals surface area contributed by atoms with Crippen molar-refractivity contribution in [3.63, 3.8) is 0 Å². The third-order valence-electron chi connectivity index (χ3n) is 1.94. The molecule has 1 aromatic heterocycles. The van der Waals surface area contributed by atoms with E-state index in [9.17, 15) is 13.2 Å². The number of nitrogens with two attached hydrogens (primary N) is 1. The van der Waals surface area contributed by atoms with Gasteiger partial charge in [-0.15, -0.1) is 11.3 Å². The van der Waals surface area contributed by atoms with E-state index in [-0.39, 0.29) is 5.69 Å². The molecule has 0 aliphatic heterocycles. The molecule has 7 heteroatoms. The van der Waals surface area contributed by atoms with Crippen molar-refractivity contribution in [2.24, 2.45) is 5.73 Å². The van der Waals surface area contributed by atoms with Gasteiger partial charge in [-0.2, -0.15) is 24.9 Å². The minimum Gasteiger partial charge on any atom is -0.313 e. The van der Waals surface area contributed by atoms with E-state index >= 15 is 0 Å². The summed E-state index contributed by atoms with van der Waals surface area (Å²) in [5.74, 6) is 0.610. The van der Waals surface area contributed by atoms with Crippen molar-refractivity contribution in [1.29, 1.82) is 0 Å². The van der Waals surface area contributed by atoms with Gasteiger partial charge in [-0.25, -0.2) is 4.98 Å². The molecule has 0 aliphatic rings. The largest absolute Gasteiger partial charge is 0.411 e. The van der Waals surface area contributed by atoms with Gasteiger partial charge >= 0.3 is 6.18 Å². The maximum absolute atomic E-state index is 12.5. The first kappa shape index (κ1) is 12.8. The zero-order chi connectivity index (χ0) is 11.7. The second-order valence-electron chi connectivity index (χ2n) is 3.26. The summed E-state index contributed by atoms with van der Waals surface area (Å²) in [5.41, 5.74) is 2.77. The Balaban J connectivity index is 2.95. The van der Waals surface area contributed by atoms with Gasteiger partial charge in [0.1, 0.15) is 5.01 Å². The van der Waals surface area contributed by atoms with Gasteiger partial charge in [-0.3, -0.25) is 0 Å². The molecule has 2 N–H and O–H groups in total. The van der Waals surface area contributed by atoms with Crippen molar-refractivity contribution in [3.8, 4) is 0 Å². The van der Waals surface area contributed by atoms with Gasteiger partial charge in [-0.1, -0.05) is 0 Å². The second-order valence-corrected chi connectivity index (χ2v) is 5.07. The number of alkyl halides is 3. The first-order chi connectivity index (χ1) is 6.79. The summed E-state index contributed by atoms with van der Waals surface area (Å²) in [5, 5.41) is 2.04. The number of rotatable bonds is 3. The number of halogens is 3. The van der Waals surface area contributed by atoms with Crippen molar-refractivity contribution in [1.82, 2.24) is 4.98 Å². The molecule has 0 aromatic carbocycles. The molecule has 0 radical (unpaired) electrons. The van der Waals surface area contributed by atoms with E-state index in [1.807, 2.05) is 6.26 Å². The lowest BCUT2D eigenvalue weighted by Crippen LogP contribution is -2.47. The summed E-state index contributed by atoms with van der Waals surface area (Å²) in [7, 11) is 0. The summed E-state index contributed by atoms with van der Waals surface area (Å²) in [4.78, 5) is 3.89. The molecule has 0 aliphatic carbocycles. The van der Waals surface area contributed by atoms with Crippen LogP contribution >= 0.6 is 23.1 Å².